The van der Waals surface area contributed by atoms with Crippen LogP contribution in [0.5, 0.6) is 0 Å². The van der Waals surface area contributed by atoms with Crippen molar-refractivity contribution in [2.24, 2.45) is 5.92 Å². The molecule has 0 radical (unpaired) electrons. The highest BCUT2D eigenvalue weighted by atomic mass is 19.4. The van der Waals surface area contributed by atoms with Crippen molar-refractivity contribution in [1.82, 2.24) is 10.6 Å². The Balaban J connectivity index is 2.16. The summed E-state index contributed by atoms with van der Waals surface area (Å²) < 4.78 is 35.6. The molecule has 0 bridgehead atoms. The predicted octanol–water partition coefficient (Wildman–Crippen LogP) is 1.83. The summed E-state index contributed by atoms with van der Waals surface area (Å²) in [5.74, 6) is -0.169. The van der Waals surface area contributed by atoms with Gasteiger partial charge >= 0.3 is 6.18 Å². The van der Waals surface area contributed by atoms with Crippen LogP contribution in [0, 0.1) is 5.92 Å². The van der Waals surface area contributed by atoms with E-state index in [0.717, 1.165) is 19.4 Å². The number of nitrogens with one attached hydrogen (secondary N) is 2. The molecule has 2 unspecified atom stereocenters. The van der Waals surface area contributed by atoms with E-state index in [2.05, 4.69) is 10.6 Å². The Labute approximate surface area is 99.1 Å². The molecule has 0 saturated carbocycles. The summed E-state index contributed by atoms with van der Waals surface area (Å²) in [4.78, 5) is 11.6. The number of carbonyl (C=O) groups is 1. The zero-order valence-electron chi connectivity index (χ0n) is 9.94. The van der Waals surface area contributed by atoms with Gasteiger partial charge < -0.3 is 10.6 Å². The van der Waals surface area contributed by atoms with Crippen molar-refractivity contribution >= 4 is 5.91 Å². The summed E-state index contributed by atoms with van der Waals surface area (Å²) in [6.45, 7) is 2.90. The lowest BCUT2D eigenvalue weighted by atomic mass is 9.92. The van der Waals surface area contributed by atoms with Crippen LogP contribution in [0.2, 0.25) is 0 Å². The number of amides is 1. The Hall–Kier alpha value is -0.780. The second-order valence-electron chi connectivity index (χ2n) is 4.59. The Morgan fingerprint density at radius 1 is 1.47 bits per heavy atom. The van der Waals surface area contributed by atoms with Crippen LogP contribution in [0.25, 0.3) is 0 Å². The lowest BCUT2D eigenvalue weighted by Crippen LogP contribution is -2.42. The van der Waals surface area contributed by atoms with E-state index >= 15 is 0 Å². The molecule has 0 spiro atoms. The molecule has 0 aromatic heterocycles. The lowest BCUT2D eigenvalue weighted by molar-refractivity contribution is -0.136. The fourth-order valence-electron chi connectivity index (χ4n) is 2.01. The molecule has 2 atom stereocenters. The van der Waals surface area contributed by atoms with E-state index in [1.54, 1.807) is 0 Å². The van der Waals surface area contributed by atoms with E-state index in [-0.39, 0.29) is 24.8 Å². The first-order chi connectivity index (χ1) is 7.88. The molecule has 17 heavy (non-hydrogen) atoms. The quantitative estimate of drug-likeness (QED) is 0.749. The first-order valence-electron chi connectivity index (χ1n) is 5.96. The fraction of sp³-hybridized carbons (Fsp3) is 0.909. The Morgan fingerprint density at radius 2 is 2.18 bits per heavy atom. The van der Waals surface area contributed by atoms with Crippen LogP contribution in [0.4, 0.5) is 13.2 Å². The second kappa shape index (κ2) is 6.23. The van der Waals surface area contributed by atoms with Gasteiger partial charge in [-0.3, -0.25) is 4.79 Å². The molecule has 1 amide bonds. The van der Waals surface area contributed by atoms with E-state index in [1.165, 1.54) is 0 Å². The van der Waals surface area contributed by atoms with Gasteiger partial charge in [0, 0.05) is 24.9 Å². The van der Waals surface area contributed by atoms with Gasteiger partial charge in [0.05, 0.1) is 0 Å². The average molecular weight is 252 g/mol. The van der Waals surface area contributed by atoms with Gasteiger partial charge in [-0.2, -0.15) is 13.2 Å². The molecule has 1 rings (SSSR count). The van der Waals surface area contributed by atoms with Crippen LogP contribution in [-0.2, 0) is 4.79 Å². The van der Waals surface area contributed by atoms with Crippen molar-refractivity contribution < 1.29 is 18.0 Å². The molecule has 1 fully saturated rings. The molecule has 1 heterocycles. The van der Waals surface area contributed by atoms with Crippen LogP contribution >= 0.6 is 0 Å². The largest absolute Gasteiger partial charge is 0.389 e. The van der Waals surface area contributed by atoms with Gasteiger partial charge in [0.25, 0.3) is 0 Å². The summed E-state index contributed by atoms with van der Waals surface area (Å²) in [5.41, 5.74) is 0. The second-order valence-corrected chi connectivity index (χ2v) is 4.59. The first kappa shape index (κ1) is 14.3. The van der Waals surface area contributed by atoms with Crippen molar-refractivity contribution in [2.75, 3.05) is 13.1 Å². The Kier molecular flexibility index (Phi) is 5.24. The molecule has 3 nitrogen and oxygen atoms in total. The van der Waals surface area contributed by atoms with Gasteiger partial charge in [-0.1, -0.05) is 0 Å². The van der Waals surface area contributed by atoms with Gasteiger partial charge in [-0.05, 0) is 32.7 Å². The minimum Gasteiger partial charge on any atom is -0.356 e. The number of alkyl halides is 3. The minimum absolute atomic E-state index is 0.0459. The van der Waals surface area contributed by atoms with Crippen molar-refractivity contribution in [1.29, 1.82) is 0 Å². The predicted molar refractivity (Wildman–Crippen MR) is 58.5 cm³/mol. The normalized spacial score (nSPS) is 25.6. The lowest BCUT2D eigenvalue weighted by Gasteiger charge is -2.27. The van der Waals surface area contributed by atoms with Crippen LogP contribution in [0.1, 0.15) is 32.6 Å². The van der Waals surface area contributed by atoms with Crippen molar-refractivity contribution in [3.63, 3.8) is 0 Å². The Bertz CT molecular complexity index is 256. The third-order valence-electron chi connectivity index (χ3n) is 2.93. The number of halogens is 3. The molecule has 1 saturated heterocycles. The molecular weight excluding hydrogens is 233 g/mol. The van der Waals surface area contributed by atoms with Crippen LogP contribution in [0.15, 0.2) is 0 Å². The third kappa shape index (κ3) is 5.91. The molecule has 100 valence electrons. The summed E-state index contributed by atoms with van der Waals surface area (Å²) in [7, 11) is 0. The molecule has 1 aliphatic heterocycles. The van der Waals surface area contributed by atoms with Gasteiger partial charge in [0.15, 0.2) is 0 Å². The summed E-state index contributed by atoms with van der Waals surface area (Å²) in [6.07, 6.45) is -3.50. The topological polar surface area (TPSA) is 41.1 Å². The molecular formula is C11H19F3N2O. The zero-order valence-corrected chi connectivity index (χ0v) is 9.94. The van der Waals surface area contributed by atoms with Crippen molar-refractivity contribution in [3.05, 3.63) is 0 Å². The highest BCUT2D eigenvalue weighted by Gasteiger charge is 2.27. The van der Waals surface area contributed by atoms with E-state index in [0.29, 0.717) is 6.04 Å². The number of piperidine rings is 1. The van der Waals surface area contributed by atoms with Gasteiger partial charge in [0.2, 0.25) is 5.91 Å². The minimum atomic E-state index is -4.13. The van der Waals surface area contributed by atoms with E-state index < -0.39 is 12.6 Å². The van der Waals surface area contributed by atoms with Crippen LogP contribution in [0.3, 0.4) is 0 Å². The van der Waals surface area contributed by atoms with E-state index in [4.69, 9.17) is 0 Å². The number of hydrogen-bond acceptors (Lipinski definition) is 2. The third-order valence-corrected chi connectivity index (χ3v) is 2.93. The summed E-state index contributed by atoms with van der Waals surface area (Å²) >= 11 is 0. The number of rotatable bonds is 4. The maximum atomic E-state index is 11.9. The monoisotopic (exact) mass is 252 g/mol. The standard InChI is InChI=1S/C11H19F3N2O/c1-8-7-9(3-6-15-8)10(17)16-5-2-4-11(12,13)14/h8-9,15H,2-7H2,1H3,(H,16,17). The molecule has 6 heteroatoms. The molecule has 1 aliphatic rings. The van der Waals surface area contributed by atoms with Gasteiger partial charge in [-0.25, -0.2) is 0 Å². The van der Waals surface area contributed by atoms with Gasteiger partial charge in [0.1, 0.15) is 0 Å². The summed E-state index contributed by atoms with van der Waals surface area (Å²) in [6, 6.07) is 0.301. The van der Waals surface area contributed by atoms with Gasteiger partial charge in [-0.15, -0.1) is 0 Å². The average Bonchev–Trinajstić information content (AvgIpc) is 2.23. The van der Waals surface area contributed by atoms with Crippen molar-refractivity contribution in [3.8, 4) is 0 Å². The maximum Gasteiger partial charge on any atom is 0.389 e. The van der Waals surface area contributed by atoms with E-state index in [9.17, 15) is 18.0 Å². The molecule has 0 aromatic carbocycles. The molecule has 0 aliphatic carbocycles. The SMILES string of the molecule is CC1CC(C(=O)NCCCC(F)(F)F)CCN1. The maximum absolute atomic E-state index is 11.9. The molecule has 0 aromatic rings. The summed E-state index contributed by atoms with van der Waals surface area (Å²) in [5, 5.41) is 5.80. The Morgan fingerprint density at radius 3 is 2.76 bits per heavy atom. The highest BCUT2D eigenvalue weighted by Crippen LogP contribution is 2.21. The first-order valence-corrected chi connectivity index (χ1v) is 5.96. The van der Waals surface area contributed by atoms with Crippen molar-refractivity contribution in [2.45, 2.75) is 44.8 Å². The van der Waals surface area contributed by atoms with E-state index in [1.807, 2.05) is 6.92 Å². The fourth-order valence-corrected chi connectivity index (χ4v) is 2.01. The number of hydrogen-bond donors (Lipinski definition) is 2. The van der Waals surface area contributed by atoms with Crippen LogP contribution < -0.4 is 10.6 Å². The van der Waals surface area contributed by atoms with Crippen LogP contribution in [-0.4, -0.2) is 31.2 Å². The zero-order chi connectivity index (χ0) is 12.9. The molecule has 2 N–H and O–H groups in total. The smallest absolute Gasteiger partial charge is 0.356 e. The number of carbonyl (C=O) groups excluding carboxylic acids is 1. The highest BCUT2D eigenvalue weighted by molar-refractivity contribution is 5.78.